The van der Waals surface area contributed by atoms with E-state index in [1.807, 2.05) is 6.07 Å². The van der Waals surface area contributed by atoms with Gasteiger partial charge in [-0.15, -0.1) is 0 Å². The maximum absolute atomic E-state index is 12.6. The van der Waals surface area contributed by atoms with Crippen molar-refractivity contribution in [3.05, 3.63) is 59.7 Å². The molecule has 0 aliphatic carbocycles. The molecule has 0 heterocycles. The molecule has 0 radical (unpaired) electrons. The van der Waals surface area contributed by atoms with Crippen LogP contribution >= 0.6 is 0 Å². The zero-order valence-corrected chi connectivity index (χ0v) is 15.3. The van der Waals surface area contributed by atoms with Crippen molar-refractivity contribution in [2.75, 3.05) is 26.0 Å². The van der Waals surface area contributed by atoms with Crippen LogP contribution in [0.4, 0.5) is 5.69 Å². The predicted octanol–water partition coefficient (Wildman–Crippen LogP) is 2.42. The van der Waals surface area contributed by atoms with E-state index in [0.717, 1.165) is 5.56 Å². The van der Waals surface area contributed by atoms with Gasteiger partial charge in [0.1, 0.15) is 5.75 Å². The molecule has 0 saturated carbocycles. The molecule has 0 aliphatic heterocycles. The van der Waals surface area contributed by atoms with E-state index in [9.17, 15) is 14.4 Å². The second-order valence-corrected chi connectivity index (χ2v) is 6.12. The number of aryl methyl sites for hydroxylation is 1. The van der Waals surface area contributed by atoms with Crippen molar-refractivity contribution in [2.45, 2.75) is 12.8 Å². The first-order valence-corrected chi connectivity index (χ1v) is 8.41. The van der Waals surface area contributed by atoms with Crippen molar-refractivity contribution in [3.63, 3.8) is 0 Å². The number of amides is 2. The van der Waals surface area contributed by atoms with Gasteiger partial charge in [-0.1, -0.05) is 24.3 Å². The second-order valence-electron chi connectivity index (χ2n) is 6.12. The number of aliphatic carboxylic acids is 1. The van der Waals surface area contributed by atoms with Gasteiger partial charge in [0.25, 0.3) is 11.8 Å². The minimum absolute atomic E-state index is 0.0218. The maximum Gasteiger partial charge on any atom is 0.303 e. The Kier molecular flexibility index (Phi) is 6.93. The smallest absolute Gasteiger partial charge is 0.303 e. The number of carboxylic acid groups (broad SMARTS) is 1. The third-order valence-electron chi connectivity index (χ3n) is 3.79. The fraction of sp³-hybridized carbons (Fsp3) is 0.250. The van der Waals surface area contributed by atoms with Crippen LogP contribution in [0.15, 0.2) is 48.5 Å². The Hall–Kier alpha value is -3.35. The Balaban J connectivity index is 2.09. The SMILES string of the molecule is CN(C)C(=O)COc1ccccc1C(=O)Nc1cccc(CCC(=O)O)c1. The number of para-hydroxylation sites is 1. The molecule has 0 aromatic heterocycles. The first-order valence-electron chi connectivity index (χ1n) is 8.41. The van der Waals surface area contributed by atoms with Gasteiger partial charge in [0.2, 0.25) is 0 Å². The topological polar surface area (TPSA) is 95.9 Å². The predicted molar refractivity (Wildman–Crippen MR) is 101 cm³/mol. The van der Waals surface area contributed by atoms with E-state index in [1.54, 1.807) is 56.6 Å². The quantitative estimate of drug-likeness (QED) is 0.744. The number of carboxylic acids is 1. The van der Waals surface area contributed by atoms with Gasteiger partial charge >= 0.3 is 5.97 Å². The number of nitrogens with one attached hydrogen (secondary N) is 1. The van der Waals surface area contributed by atoms with Gasteiger partial charge in [0, 0.05) is 26.2 Å². The Labute approximate surface area is 157 Å². The molecule has 0 bridgehead atoms. The molecule has 0 fully saturated rings. The normalized spacial score (nSPS) is 10.1. The fourth-order valence-electron chi connectivity index (χ4n) is 2.30. The zero-order chi connectivity index (χ0) is 19.8. The highest BCUT2D eigenvalue weighted by Gasteiger charge is 2.14. The van der Waals surface area contributed by atoms with E-state index in [0.29, 0.717) is 23.4 Å². The van der Waals surface area contributed by atoms with Crippen LogP contribution in [-0.4, -0.2) is 48.5 Å². The van der Waals surface area contributed by atoms with Crippen molar-refractivity contribution >= 4 is 23.5 Å². The largest absolute Gasteiger partial charge is 0.483 e. The molecule has 27 heavy (non-hydrogen) atoms. The lowest BCUT2D eigenvalue weighted by molar-refractivity contribution is -0.137. The summed E-state index contributed by atoms with van der Waals surface area (Å²) in [4.78, 5) is 36.4. The summed E-state index contributed by atoms with van der Waals surface area (Å²) in [6.07, 6.45) is 0.402. The van der Waals surface area contributed by atoms with E-state index in [-0.39, 0.29) is 24.8 Å². The van der Waals surface area contributed by atoms with Gasteiger partial charge < -0.3 is 20.1 Å². The fourth-order valence-corrected chi connectivity index (χ4v) is 2.30. The first-order chi connectivity index (χ1) is 12.9. The number of nitrogens with zero attached hydrogens (tertiary/aromatic N) is 1. The summed E-state index contributed by atoms with van der Waals surface area (Å²) in [6.45, 7) is -0.165. The van der Waals surface area contributed by atoms with Crippen LogP contribution in [0.25, 0.3) is 0 Å². The Bertz CT molecular complexity index is 833. The van der Waals surface area contributed by atoms with Crippen molar-refractivity contribution in [2.24, 2.45) is 0 Å². The molecular formula is C20H22N2O5. The van der Waals surface area contributed by atoms with E-state index in [1.165, 1.54) is 4.90 Å². The average molecular weight is 370 g/mol. The highest BCUT2D eigenvalue weighted by Crippen LogP contribution is 2.20. The molecule has 142 valence electrons. The highest BCUT2D eigenvalue weighted by atomic mass is 16.5. The number of likely N-dealkylation sites (N-methyl/N-ethyl adjacent to an activating group) is 1. The van der Waals surface area contributed by atoms with E-state index < -0.39 is 5.97 Å². The van der Waals surface area contributed by atoms with Crippen molar-refractivity contribution < 1.29 is 24.2 Å². The molecule has 7 nitrogen and oxygen atoms in total. The van der Waals surface area contributed by atoms with Crippen molar-refractivity contribution in [1.82, 2.24) is 4.90 Å². The molecule has 0 saturated heterocycles. The van der Waals surface area contributed by atoms with Crippen LogP contribution < -0.4 is 10.1 Å². The van der Waals surface area contributed by atoms with Crippen LogP contribution in [0.3, 0.4) is 0 Å². The third kappa shape index (κ3) is 6.14. The third-order valence-corrected chi connectivity index (χ3v) is 3.79. The molecule has 7 heteroatoms. The van der Waals surface area contributed by atoms with Crippen LogP contribution in [0.2, 0.25) is 0 Å². The highest BCUT2D eigenvalue weighted by molar-refractivity contribution is 6.06. The molecule has 2 aromatic rings. The van der Waals surface area contributed by atoms with Gasteiger partial charge in [-0.2, -0.15) is 0 Å². The van der Waals surface area contributed by atoms with E-state index in [2.05, 4.69) is 5.32 Å². The maximum atomic E-state index is 12.6. The van der Waals surface area contributed by atoms with E-state index >= 15 is 0 Å². The number of ether oxygens (including phenoxy) is 1. The number of hydrogen-bond donors (Lipinski definition) is 2. The molecular weight excluding hydrogens is 348 g/mol. The number of carbonyl (C=O) groups excluding carboxylic acids is 2. The molecule has 0 aliphatic rings. The summed E-state index contributed by atoms with van der Waals surface area (Å²) in [7, 11) is 3.25. The van der Waals surface area contributed by atoms with Crippen LogP contribution in [0, 0.1) is 0 Å². The standard InChI is InChI=1S/C20H22N2O5/c1-22(2)18(23)13-27-17-9-4-3-8-16(17)20(26)21-15-7-5-6-14(12-15)10-11-19(24)25/h3-9,12H,10-11,13H2,1-2H3,(H,21,26)(H,24,25). The summed E-state index contributed by atoms with van der Waals surface area (Å²) in [6, 6.07) is 13.7. The molecule has 0 atom stereocenters. The molecule has 2 aromatic carbocycles. The Morgan fingerprint density at radius 2 is 1.81 bits per heavy atom. The second kappa shape index (κ2) is 9.38. The van der Waals surface area contributed by atoms with Gasteiger partial charge in [-0.05, 0) is 36.2 Å². The van der Waals surface area contributed by atoms with Gasteiger partial charge in [0.05, 0.1) is 5.56 Å². The van der Waals surface area contributed by atoms with Crippen LogP contribution in [0.1, 0.15) is 22.3 Å². The lowest BCUT2D eigenvalue weighted by atomic mass is 10.1. The Morgan fingerprint density at radius 3 is 2.52 bits per heavy atom. The van der Waals surface area contributed by atoms with Crippen LogP contribution in [-0.2, 0) is 16.0 Å². The van der Waals surface area contributed by atoms with Gasteiger partial charge in [-0.25, -0.2) is 0 Å². The Morgan fingerprint density at radius 1 is 1.07 bits per heavy atom. The molecule has 0 unspecified atom stereocenters. The van der Waals surface area contributed by atoms with E-state index in [4.69, 9.17) is 9.84 Å². The number of rotatable bonds is 8. The lowest BCUT2D eigenvalue weighted by Crippen LogP contribution is -2.28. The summed E-state index contributed by atoms with van der Waals surface area (Å²) in [5, 5.41) is 11.6. The molecule has 2 rings (SSSR count). The van der Waals surface area contributed by atoms with Crippen molar-refractivity contribution in [1.29, 1.82) is 0 Å². The minimum atomic E-state index is -0.872. The minimum Gasteiger partial charge on any atom is -0.483 e. The number of hydrogen-bond acceptors (Lipinski definition) is 4. The van der Waals surface area contributed by atoms with Crippen LogP contribution in [0.5, 0.6) is 5.75 Å². The number of anilines is 1. The zero-order valence-electron chi connectivity index (χ0n) is 15.3. The summed E-state index contributed by atoms with van der Waals surface area (Å²) in [5.74, 6) is -1.15. The lowest BCUT2D eigenvalue weighted by Gasteiger charge is -2.14. The van der Waals surface area contributed by atoms with Gasteiger partial charge in [0.15, 0.2) is 6.61 Å². The molecule has 0 spiro atoms. The average Bonchev–Trinajstić information content (AvgIpc) is 2.64. The monoisotopic (exact) mass is 370 g/mol. The van der Waals surface area contributed by atoms with Crippen molar-refractivity contribution in [3.8, 4) is 5.75 Å². The summed E-state index contributed by atoms with van der Waals surface area (Å²) < 4.78 is 5.49. The van der Waals surface area contributed by atoms with Gasteiger partial charge in [-0.3, -0.25) is 14.4 Å². The number of carbonyl (C=O) groups is 3. The molecule has 2 amide bonds. The summed E-state index contributed by atoms with van der Waals surface area (Å²) >= 11 is 0. The number of benzene rings is 2. The molecule has 2 N–H and O–H groups in total. The summed E-state index contributed by atoms with van der Waals surface area (Å²) in [5.41, 5.74) is 1.68. The first kappa shape index (κ1) is 20.0.